The zero-order chi connectivity index (χ0) is 16.5. The summed E-state index contributed by atoms with van der Waals surface area (Å²) >= 11 is 0. The quantitative estimate of drug-likeness (QED) is 0.617. The summed E-state index contributed by atoms with van der Waals surface area (Å²) in [5, 5.41) is 0. The van der Waals surface area contributed by atoms with Gasteiger partial charge in [0.1, 0.15) is 11.4 Å². The molecule has 0 spiro atoms. The standard InChI is InChI=1S/C21H26O2/c1-19(2)11-7-12-20(3)16(19)10-13-21(4)18(20)17(22)14-8-5-6-9-15(14)23-21/h5-6,8-10,18H,7,11-13H2,1-4H3/t18-,20+,21+/m1/s1. The largest absolute Gasteiger partial charge is 0.486 e. The minimum Gasteiger partial charge on any atom is -0.486 e. The van der Waals surface area contributed by atoms with Gasteiger partial charge in [-0.2, -0.15) is 0 Å². The number of rotatable bonds is 0. The molecule has 0 bridgehead atoms. The van der Waals surface area contributed by atoms with E-state index < -0.39 is 5.60 Å². The first-order valence-electron chi connectivity index (χ1n) is 8.81. The number of para-hydroxylation sites is 1. The Hall–Kier alpha value is -1.57. The van der Waals surface area contributed by atoms with Crippen molar-refractivity contribution in [2.75, 3.05) is 0 Å². The van der Waals surface area contributed by atoms with Gasteiger partial charge in [0.05, 0.1) is 11.5 Å². The highest BCUT2D eigenvalue weighted by atomic mass is 16.5. The molecule has 1 aliphatic heterocycles. The van der Waals surface area contributed by atoms with Crippen molar-refractivity contribution in [1.82, 2.24) is 0 Å². The lowest BCUT2D eigenvalue weighted by atomic mass is 9.49. The van der Waals surface area contributed by atoms with E-state index >= 15 is 0 Å². The lowest BCUT2D eigenvalue weighted by molar-refractivity contribution is -0.0457. The van der Waals surface area contributed by atoms with E-state index in [-0.39, 0.29) is 22.5 Å². The first-order chi connectivity index (χ1) is 10.8. The van der Waals surface area contributed by atoms with Crippen molar-refractivity contribution in [2.24, 2.45) is 16.7 Å². The Kier molecular flexibility index (Phi) is 2.93. The number of fused-ring (bicyclic) bond motifs is 4. The van der Waals surface area contributed by atoms with Gasteiger partial charge in [-0.25, -0.2) is 0 Å². The van der Waals surface area contributed by atoms with Crippen LogP contribution in [0, 0.1) is 16.7 Å². The molecule has 122 valence electrons. The van der Waals surface area contributed by atoms with Gasteiger partial charge in [-0.1, -0.05) is 51.0 Å². The smallest absolute Gasteiger partial charge is 0.174 e. The van der Waals surface area contributed by atoms with E-state index in [1.165, 1.54) is 18.4 Å². The van der Waals surface area contributed by atoms with Crippen molar-refractivity contribution >= 4 is 5.78 Å². The second-order valence-electron chi connectivity index (χ2n) is 8.68. The highest BCUT2D eigenvalue weighted by Crippen LogP contribution is 2.62. The third kappa shape index (κ3) is 1.90. The van der Waals surface area contributed by atoms with Gasteiger partial charge in [-0.15, -0.1) is 0 Å². The normalized spacial score (nSPS) is 37.8. The van der Waals surface area contributed by atoms with Crippen molar-refractivity contribution in [3.05, 3.63) is 41.5 Å². The predicted molar refractivity (Wildman–Crippen MR) is 91.7 cm³/mol. The van der Waals surface area contributed by atoms with E-state index in [9.17, 15) is 4.79 Å². The van der Waals surface area contributed by atoms with Crippen molar-refractivity contribution in [1.29, 1.82) is 0 Å². The molecule has 0 radical (unpaired) electrons. The third-order valence-electron chi connectivity index (χ3n) is 6.56. The number of ether oxygens (including phenoxy) is 1. The van der Waals surface area contributed by atoms with Crippen molar-refractivity contribution in [3.63, 3.8) is 0 Å². The van der Waals surface area contributed by atoms with Crippen LogP contribution >= 0.6 is 0 Å². The molecular weight excluding hydrogens is 284 g/mol. The third-order valence-corrected chi connectivity index (χ3v) is 6.56. The van der Waals surface area contributed by atoms with Gasteiger partial charge in [0.15, 0.2) is 5.78 Å². The van der Waals surface area contributed by atoms with Crippen molar-refractivity contribution in [2.45, 2.75) is 59.0 Å². The number of benzene rings is 1. The average Bonchev–Trinajstić information content (AvgIpc) is 2.45. The average molecular weight is 310 g/mol. The Balaban J connectivity index is 1.89. The molecule has 0 amide bonds. The van der Waals surface area contributed by atoms with Crippen LogP contribution in [0.3, 0.4) is 0 Å². The fraction of sp³-hybridized carbons (Fsp3) is 0.571. The summed E-state index contributed by atoms with van der Waals surface area (Å²) < 4.78 is 6.41. The van der Waals surface area contributed by atoms with Crippen LogP contribution in [-0.4, -0.2) is 11.4 Å². The molecule has 2 aliphatic carbocycles. The van der Waals surface area contributed by atoms with Crippen LogP contribution in [0.5, 0.6) is 5.75 Å². The highest BCUT2D eigenvalue weighted by molar-refractivity contribution is 6.03. The van der Waals surface area contributed by atoms with Crippen LogP contribution in [0.2, 0.25) is 0 Å². The molecule has 1 saturated carbocycles. The summed E-state index contributed by atoms with van der Waals surface area (Å²) in [4.78, 5) is 13.4. The molecule has 2 heteroatoms. The zero-order valence-corrected chi connectivity index (χ0v) is 14.6. The molecular formula is C21H26O2. The molecule has 0 saturated heterocycles. The zero-order valence-electron chi connectivity index (χ0n) is 14.6. The minimum atomic E-state index is -0.420. The van der Waals surface area contributed by atoms with E-state index in [0.29, 0.717) is 0 Å². The second kappa shape index (κ2) is 4.49. The molecule has 0 aromatic heterocycles. The molecule has 3 atom stereocenters. The molecule has 2 nitrogen and oxygen atoms in total. The van der Waals surface area contributed by atoms with Crippen LogP contribution in [0.15, 0.2) is 35.9 Å². The topological polar surface area (TPSA) is 26.3 Å². The van der Waals surface area contributed by atoms with Gasteiger partial charge in [0, 0.05) is 11.8 Å². The van der Waals surface area contributed by atoms with E-state index in [1.54, 1.807) is 0 Å². The number of carbonyl (C=O) groups is 1. The van der Waals surface area contributed by atoms with Crippen LogP contribution in [0.4, 0.5) is 0 Å². The fourth-order valence-electron chi connectivity index (χ4n) is 5.68. The summed E-state index contributed by atoms with van der Waals surface area (Å²) in [7, 11) is 0. The molecule has 0 unspecified atom stereocenters. The van der Waals surface area contributed by atoms with Gasteiger partial charge in [0.25, 0.3) is 0 Å². The van der Waals surface area contributed by atoms with Gasteiger partial charge in [0.2, 0.25) is 0 Å². The summed E-state index contributed by atoms with van der Waals surface area (Å²) in [5.41, 5.74) is 1.93. The Labute approximate surface area is 138 Å². The van der Waals surface area contributed by atoms with Gasteiger partial charge < -0.3 is 4.74 Å². The van der Waals surface area contributed by atoms with E-state index in [2.05, 4.69) is 33.8 Å². The molecule has 23 heavy (non-hydrogen) atoms. The van der Waals surface area contributed by atoms with Gasteiger partial charge in [-0.3, -0.25) is 4.79 Å². The molecule has 1 fully saturated rings. The van der Waals surface area contributed by atoms with Gasteiger partial charge >= 0.3 is 0 Å². The van der Waals surface area contributed by atoms with E-state index in [1.807, 2.05) is 24.3 Å². The van der Waals surface area contributed by atoms with Crippen LogP contribution in [-0.2, 0) is 0 Å². The Bertz CT molecular complexity index is 714. The lowest BCUT2D eigenvalue weighted by Gasteiger charge is -2.58. The Morgan fingerprint density at radius 3 is 2.61 bits per heavy atom. The number of hydrogen-bond acceptors (Lipinski definition) is 2. The minimum absolute atomic E-state index is 0.0792. The first-order valence-corrected chi connectivity index (χ1v) is 8.81. The summed E-state index contributed by atoms with van der Waals surface area (Å²) in [6.45, 7) is 9.10. The van der Waals surface area contributed by atoms with Gasteiger partial charge in [-0.05, 0) is 37.3 Å². The SMILES string of the molecule is CC1(C)CCC[C@@]2(C)C1=CC[C@]1(C)Oc3ccccc3C(=O)[C@H]21. The highest BCUT2D eigenvalue weighted by Gasteiger charge is 2.60. The molecule has 1 aromatic rings. The molecule has 4 rings (SSSR count). The molecule has 1 heterocycles. The Morgan fingerprint density at radius 1 is 1.09 bits per heavy atom. The van der Waals surface area contributed by atoms with Crippen LogP contribution in [0.25, 0.3) is 0 Å². The Morgan fingerprint density at radius 2 is 1.83 bits per heavy atom. The van der Waals surface area contributed by atoms with Crippen LogP contribution in [0.1, 0.15) is 63.7 Å². The summed E-state index contributed by atoms with van der Waals surface area (Å²) in [6, 6.07) is 7.74. The molecule has 1 aromatic carbocycles. The lowest BCUT2D eigenvalue weighted by Crippen LogP contribution is -2.59. The number of allylic oxidation sites excluding steroid dienone is 1. The number of hydrogen-bond donors (Lipinski definition) is 0. The number of ketones is 1. The number of Topliss-reactive ketones (excluding diaryl/α,β-unsaturated/α-hetero) is 1. The maximum atomic E-state index is 13.4. The van der Waals surface area contributed by atoms with Crippen LogP contribution < -0.4 is 4.74 Å². The van der Waals surface area contributed by atoms with E-state index in [0.717, 1.165) is 24.2 Å². The van der Waals surface area contributed by atoms with Crippen molar-refractivity contribution < 1.29 is 9.53 Å². The number of carbonyl (C=O) groups excluding carboxylic acids is 1. The predicted octanol–water partition coefficient (Wildman–Crippen LogP) is 5.18. The second-order valence-corrected chi connectivity index (χ2v) is 8.68. The monoisotopic (exact) mass is 310 g/mol. The maximum absolute atomic E-state index is 13.4. The fourth-order valence-corrected chi connectivity index (χ4v) is 5.68. The molecule has 0 N–H and O–H groups in total. The first kappa shape index (κ1) is 15.0. The van der Waals surface area contributed by atoms with E-state index in [4.69, 9.17) is 4.74 Å². The summed E-state index contributed by atoms with van der Waals surface area (Å²) in [6.07, 6.45) is 6.69. The maximum Gasteiger partial charge on any atom is 0.174 e. The summed E-state index contributed by atoms with van der Waals surface area (Å²) in [5.74, 6) is 0.955. The molecule has 3 aliphatic rings. The van der Waals surface area contributed by atoms with Crippen molar-refractivity contribution in [3.8, 4) is 5.75 Å².